The van der Waals surface area contributed by atoms with E-state index in [0.29, 0.717) is 21.4 Å². The standard InChI is InChI=1S/C13H7F2IN2O3/c14-8-5-7(12(18(20)21)6-9(8)15)13(19)17-11-4-2-1-3-10(11)16/h1-6H,(H,17,19). The number of rotatable bonds is 3. The summed E-state index contributed by atoms with van der Waals surface area (Å²) in [6, 6.07) is 7.62. The Bertz CT molecular complexity index is 737. The zero-order valence-corrected chi connectivity index (χ0v) is 12.4. The highest BCUT2D eigenvalue weighted by Gasteiger charge is 2.24. The molecule has 0 radical (unpaired) electrons. The molecule has 0 spiro atoms. The number of carbonyl (C=O) groups is 1. The molecule has 2 aromatic rings. The number of nitrogens with zero attached hydrogens (tertiary/aromatic N) is 1. The van der Waals surface area contributed by atoms with E-state index in [9.17, 15) is 23.7 Å². The van der Waals surface area contributed by atoms with Crippen LogP contribution in [0.15, 0.2) is 36.4 Å². The van der Waals surface area contributed by atoms with Crippen LogP contribution in [0.2, 0.25) is 0 Å². The zero-order chi connectivity index (χ0) is 15.6. The van der Waals surface area contributed by atoms with Crippen LogP contribution < -0.4 is 5.32 Å². The van der Waals surface area contributed by atoms with Gasteiger partial charge in [-0.3, -0.25) is 14.9 Å². The number of amides is 1. The molecular weight excluding hydrogens is 397 g/mol. The van der Waals surface area contributed by atoms with Gasteiger partial charge < -0.3 is 5.32 Å². The van der Waals surface area contributed by atoms with Crippen LogP contribution in [0.1, 0.15) is 10.4 Å². The average molecular weight is 404 g/mol. The van der Waals surface area contributed by atoms with Gasteiger partial charge in [0.1, 0.15) is 5.56 Å². The van der Waals surface area contributed by atoms with Crippen LogP contribution in [0, 0.1) is 25.3 Å². The third-order valence-corrected chi connectivity index (χ3v) is 3.54. The van der Waals surface area contributed by atoms with E-state index in [1.807, 2.05) is 22.6 Å². The highest BCUT2D eigenvalue weighted by Crippen LogP contribution is 2.24. The van der Waals surface area contributed by atoms with Crippen molar-refractivity contribution in [1.29, 1.82) is 0 Å². The number of anilines is 1. The van der Waals surface area contributed by atoms with Gasteiger partial charge in [0.15, 0.2) is 11.6 Å². The molecular formula is C13H7F2IN2O3. The van der Waals surface area contributed by atoms with Crippen molar-refractivity contribution in [3.8, 4) is 0 Å². The lowest BCUT2D eigenvalue weighted by atomic mass is 10.1. The SMILES string of the molecule is O=C(Nc1ccccc1I)c1cc(F)c(F)cc1[N+](=O)[O-]. The first-order chi connectivity index (χ1) is 9.90. The van der Waals surface area contributed by atoms with Gasteiger partial charge in [-0.05, 0) is 40.8 Å². The van der Waals surface area contributed by atoms with E-state index in [-0.39, 0.29) is 0 Å². The molecule has 2 aromatic carbocycles. The number of benzene rings is 2. The van der Waals surface area contributed by atoms with Crippen LogP contribution in [0.4, 0.5) is 20.2 Å². The number of hydrogen-bond acceptors (Lipinski definition) is 3. The molecule has 0 aliphatic carbocycles. The molecule has 108 valence electrons. The summed E-state index contributed by atoms with van der Waals surface area (Å²) in [5, 5.41) is 13.3. The predicted molar refractivity (Wildman–Crippen MR) is 80.1 cm³/mol. The van der Waals surface area contributed by atoms with E-state index in [0.717, 1.165) is 0 Å². The number of halogens is 3. The third-order valence-electron chi connectivity index (χ3n) is 2.60. The second-order valence-electron chi connectivity index (χ2n) is 3.97. The minimum absolute atomic E-state index is 0.389. The Balaban J connectivity index is 2.42. The van der Waals surface area contributed by atoms with Gasteiger partial charge in [0.25, 0.3) is 11.6 Å². The lowest BCUT2D eigenvalue weighted by Crippen LogP contribution is -2.15. The number of nitro groups is 1. The maximum absolute atomic E-state index is 13.2. The van der Waals surface area contributed by atoms with E-state index in [1.54, 1.807) is 24.3 Å². The fourth-order valence-corrected chi connectivity index (χ4v) is 2.14. The maximum Gasteiger partial charge on any atom is 0.285 e. The normalized spacial score (nSPS) is 10.2. The number of hydrogen-bond donors (Lipinski definition) is 1. The highest BCUT2D eigenvalue weighted by molar-refractivity contribution is 14.1. The fourth-order valence-electron chi connectivity index (χ4n) is 1.62. The van der Waals surface area contributed by atoms with Gasteiger partial charge in [-0.25, -0.2) is 8.78 Å². The lowest BCUT2D eigenvalue weighted by molar-refractivity contribution is -0.385. The van der Waals surface area contributed by atoms with Crippen molar-refractivity contribution in [2.45, 2.75) is 0 Å². The van der Waals surface area contributed by atoms with Crippen molar-refractivity contribution < 1.29 is 18.5 Å². The molecule has 0 saturated carbocycles. The molecule has 8 heteroatoms. The smallest absolute Gasteiger partial charge is 0.285 e. The van der Waals surface area contributed by atoms with E-state index < -0.39 is 33.7 Å². The lowest BCUT2D eigenvalue weighted by Gasteiger charge is -2.08. The number of carbonyl (C=O) groups excluding carboxylic acids is 1. The van der Waals surface area contributed by atoms with Gasteiger partial charge in [-0.2, -0.15) is 0 Å². The largest absolute Gasteiger partial charge is 0.321 e. The van der Waals surface area contributed by atoms with Gasteiger partial charge in [0, 0.05) is 3.57 Å². The van der Waals surface area contributed by atoms with Crippen molar-refractivity contribution in [3.63, 3.8) is 0 Å². The third kappa shape index (κ3) is 3.32. The van der Waals surface area contributed by atoms with Gasteiger partial charge >= 0.3 is 0 Å². The molecule has 0 atom stereocenters. The van der Waals surface area contributed by atoms with Crippen LogP contribution in [0.3, 0.4) is 0 Å². The van der Waals surface area contributed by atoms with Crippen LogP contribution in [-0.2, 0) is 0 Å². The summed E-state index contributed by atoms with van der Waals surface area (Å²) in [5.41, 5.74) is -0.918. The maximum atomic E-state index is 13.2. The quantitative estimate of drug-likeness (QED) is 0.482. The summed E-state index contributed by atoms with van der Waals surface area (Å²) in [4.78, 5) is 22.0. The Morgan fingerprint density at radius 1 is 1.19 bits per heavy atom. The second kappa shape index (κ2) is 6.12. The number of nitrogens with one attached hydrogen (secondary N) is 1. The molecule has 0 saturated heterocycles. The molecule has 21 heavy (non-hydrogen) atoms. The number of nitro benzene ring substituents is 1. The van der Waals surface area contributed by atoms with Gasteiger partial charge in [0.2, 0.25) is 0 Å². The first kappa shape index (κ1) is 15.3. The average Bonchev–Trinajstić information content (AvgIpc) is 2.43. The van der Waals surface area contributed by atoms with Gasteiger partial charge in [-0.15, -0.1) is 0 Å². The molecule has 1 amide bonds. The predicted octanol–water partition coefficient (Wildman–Crippen LogP) is 3.73. The van der Waals surface area contributed by atoms with Crippen LogP contribution in [-0.4, -0.2) is 10.8 Å². The Morgan fingerprint density at radius 2 is 1.81 bits per heavy atom. The monoisotopic (exact) mass is 404 g/mol. The highest BCUT2D eigenvalue weighted by atomic mass is 127. The van der Waals surface area contributed by atoms with E-state index in [2.05, 4.69) is 5.32 Å². The summed E-state index contributed by atoms with van der Waals surface area (Å²) in [6.07, 6.45) is 0. The summed E-state index contributed by atoms with van der Waals surface area (Å²) < 4.78 is 27.0. The fraction of sp³-hybridized carbons (Fsp3) is 0. The minimum Gasteiger partial charge on any atom is -0.321 e. The van der Waals surface area contributed by atoms with Crippen molar-refractivity contribution >= 4 is 39.9 Å². The summed E-state index contributed by atoms with van der Waals surface area (Å²) >= 11 is 1.96. The van der Waals surface area contributed by atoms with E-state index >= 15 is 0 Å². The summed E-state index contributed by atoms with van der Waals surface area (Å²) in [7, 11) is 0. The van der Waals surface area contributed by atoms with Crippen molar-refractivity contribution in [2.75, 3.05) is 5.32 Å². The molecule has 0 aromatic heterocycles. The van der Waals surface area contributed by atoms with E-state index in [4.69, 9.17) is 0 Å². The van der Waals surface area contributed by atoms with Crippen LogP contribution in [0.5, 0.6) is 0 Å². The van der Waals surface area contributed by atoms with Crippen molar-refractivity contribution in [1.82, 2.24) is 0 Å². The molecule has 1 N–H and O–H groups in total. The molecule has 0 unspecified atom stereocenters. The van der Waals surface area contributed by atoms with Crippen LogP contribution >= 0.6 is 22.6 Å². The molecule has 0 aliphatic rings. The summed E-state index contributed by atoms with van der Waals surface area (Å²) in [5.74, 6) is -3.59. The molecule has 0 aliphatic heterocycles. The van der Waals surface area contributed by atoms with E-state index in [1.165, 1.54) is 0 Å². The topological polar surface area (TPSA) is 72.2 Å². The molecule has 5 nitrogen and oxygen atoms in total. The molecule has 0 bridgehead atoms. The Labute approximate surface area is 131 Å². The van der Waals surface area contributed by atoms with Gasteiger partial charge in [0.05, 0.1) is 16.7 Å². The minimum atomic E-state index is -1.38. The Morgan fingerprint density at radius 3 is 2.43 bits per heavy atom. The van der Waals surface area contributed by atoms with Crippen molar-refractivity contribution in [3.05, 3.63) is 67.3 Å². The van der Waals surface area contributed by atoms with Crippen molar-refractivity contribution in [2.24, 2.45) is 0 Å². The Hall–Kier alpha value is -2.10. The summed E-state index contributed by atoms with van der Waals surface area (Å²) in [6.45, 7) is 0. The zero-order valence-electron chi connectivity index (χ0n) is 10.3. The molecule has 0 fully saturated rings. The first-order valence-corrected chi connectivity index (χ1v) is 6.67. The molecule has 2 rings (SSSR count). The number of para-hydroxylation sites is 1. The first-order valence-electron chi connectivity index (χ1n) is 5.59. The van der Waals surface area contributed by atoms with Gasteiger partial charge in [-0.1, -0.05) is 12.1 Å². The van der Waals surface area contributed by atoms with Crippen LogP contribution in [0.25, 0.3) is 0 Å². The molecule has 0 heterocycles. The second-order valence-corrected chi connectivity index (χ2v) is 5.14. The Kier molecular flexibility index (Phi) is 4.46.